The number of hydrogen-bond acceptors (Lipinski definition) is 1. The molecule has 58 valence electrons. The van der Waals surface area contributed by atoms with Crippen LogP contribution in [-0.2, 0) is 4.79 Å². The van der Waals surface area contributed by atoms with Gasteiger partial charge in [-0.15, -0.1) is 0 Å². The minimum atomic E-state index is 0.134. The van der Waals surface area contributed by atoms with Gasteiger partial charge in [0, 0.05) is 0 Å². The van der Waals surface area contributed by atoms with Crippen LogP contribution in [0.3, 0.4) is 0 Å². The molecule has 0 heterocycles. The molecule has 11 heavy (non-hydrogen) atoms. The number of carbonyl (C=O) groups excluding carboxylic acids is 1. The number of hydrogen-bond donors (Lipinski definition) is 0. The summed E-state index contributed by atoms with van der Waals surface area (Å²) in [5.41, 5.74) is 0. The molecule has 0 N–H and O–H groups in total. The first-order valence-electron chi connectivity index (χ1n) is 4.24. The number of Topliss-reactive ketones (excluding diaryl/α,β-unsaturated/α-hetero) is 1. The zero-order chi connectivity index (χ0) is 8.01. The molecule has 1 fully saturated rings. The van der Waals surface area contributed by atoms with Crippen LogP contribution in [0.25, 0.3) is 0 Å². The van der Waals surface area contributed by atoms with Crippen molar-refractivity contribution in [3.8, 4) is 0 Å². The number of carbonyl (C=O) groups is 1. The molecule has 2 aliphatic carbocycles. The first kappa shape index (κ1) is 6.96. The number of allylic oxidation sites excluding steroid dienone is 2. The van der Waals surface area contributed by atoms with E-state index < -0.39 is 0 Å². The lowest BCUT2D eigenvalue weighted by Crippen LogP contribution is -2.23. The van der Waals surface area contributed by atoms with E-state index in [-0.39, 0.29) is 11.7 Å². The van der Waals surface area contributed by atoms with Crippen LogP contribution in [0.2, 0.25) is 0 Å². The van der Waals surface area contributed by atoms with Crippen molar-refractivity contribution in [2.24, 2.45) is 23.7 Å². The lowest BCUT2D eigenvalue weighted by atomic mass is 9.82. The fourth-order valence-electron chi connectivity index (χ4n) is 2.60. The Morgan fingerprint density at radius 3 is 2.45 bits per heavy atom. The van der Waals surface area contributed by atoms with Crippen LogP contribution in [0.1, 0.15) is 13.3 Å². The summed E-state index contributed by atoms with van der Waals surface area (Å²) < 4.78 is 0. The van der Waals surface area contributed by atoms with Gasteiger partial charge in [0.15, 0.2) is 0 Å². The average molecular weight is 149 g/mol. The summed E-state index contributed by atoms with van der Waals surface area (Å²) in [6, 6.07) is 0. The molecule has 1 saturated carbocycles. The average Bonchev–Trinajstić information content (AvgIpc) is 2.44. The Kier molecular flexibility index (Phi) is 1.35. The van der Waals surface area contributed by atoms with E-state index in [4.69, 9.17) is 0 Å². The van der Waals surface area contributed by atoms with Crippen LogP contribution in [-0.4, -0.2) is 5.78 Å². The molecule has 2 rings (SSSR count). The normalized spacial score (nSPS) is 46.6. The molecule has 1 nitrogen and oxygen atoms in total. The smallest absolute Gasteiger partial charge is 0.244 e. The van der Waals surface area contributed by atoms with E-state index in [0.717, 1.165) is 0 Å². The Bertz CT molecular complexity index is 217. The van der Waals surface area contributed by atoms with Crippen molar-refractivity contribution in [3.63, 3.8) is 0 Å². The van der Waals surface area contributed by atoms with Gasteiger partial charge in [-0.2, -0.15) is 0 Å². The highest BCUT2D eigenvalue weighted by molar-refractivity contribution is 5.86. The van der Waals surface area contributed by atoms with Gasteiger partial charge < -0.3 is 0 Å². The van der Waals surface area contributed by atoms with Gasteiger partial charge in [-0.05, 0) is 24.2 Å². The van der Waals surface area contributed by atoms with Crippen molar-refractivity contribution in [3.05, 3.63) is 19.1 Å². The topological polar surface area (TPSA) is 17.1 Å². The number of ketones is 1. The third kappa shape index (κ3) is 0.834. The van der Waals surface area contributed by atoms with Gasteiger partial charge in [-0.3, -0.25) is 0 Å². The van der Waals surface area contributed by atoms with Gasteiger partial charge in [0.2, 0.25) is 0 Å². The van der Waals surface area contributed by atoms with Gasteiger partial charge in [0.1, 0.15) is 6.92 Å². The molecule has 0 saturated heterocycles. The molecule has 0 spiro atoms. The van der Waals surface area contributed by atoms with Gasteiger partial charge in [-0.25, -0.2) is 4.79 Å². The van der Waals surface area contributed by atoms with Crippen LogP contribution >= 0.6 is 0 Å². The Balaban J connectivity index is 2.25. The maximum atomic E-state index is 11.1. The quantitative estimate of drug-likeness (QED) is 0.410. The van der Waals surface area contributed by atoms with E-state index in [1.54, 1.807) is 0 Å². The third-order valence-electron chi connectivity index (χ3n) is 3.22. The molecule has 0 radical (unpaired) electrons. The summed E-state index contributed by atoms with van der Waals surface area (Å²) in [4.78, 5) is 11.1. The van der Waals surface area contributed by atoms with Crippen molar-refractivity contribution >= 4 is 5.78 Å². The summed E-state index contributed by atoms with van der Waals surface area (Å²) in [5.74, 6) is 2.07. The zero-order valence-electron chi connectivity index (χ0n) is 6.79. The minimum Gasteiger partial charge on any atom is -0.244 e. The summed E-state index contributed by atoms with van der Waals surface area (Å²) in [6.07, 6.45) is 5.64. The molecule has 2 aliphatic rings. The van der Waals surface area contributed by atoms with E-state index in [9.17, 15) is 4.79 Å². The highest BCUT2D eigenvalue weighted by Crippen LogP contribution is 2.47. The first-order chi connectivity index (χ1) is 5.20. The lowest BCUT2D eigenvalue weighted by molar-refractivity contribution is -0.120. The van der Waals surface area contributed by atoms with Crippen LogP contribution in [0.4, 0.5) is 0 Å². The molecule has 4 atom stereocenters. The molecule has 0 aliphatic heterocycles. The SMILES string of the molecule is [CH2+]C(=O)C1C2C=CC(C2)C1C. The van der Waals surface area contributed by atoms with Crippen molar-refractivity contribution in [2.75, 3.05) is 0 Å². The fraction of sp³-hybridized carbons (Fsp3) is 0.600. The highest BCUT2D eigenvalue weighted by atomic mass is 16.1. The largest absolute Gasteiger partial charge is 0.307 e. The maximum absolute atomic E-state index is 11.1. The van der Waals surface area contributed by atoms with E-state index in [1.165, 1.54) is 6.42 Å². The molecule has 0 aromatic rings. The monoisotopic (exact) mass is 149 g/mol. The predicted octanol–water partition coefficient (Wildman–Crippen LogP) is 1.85. The Morgan fingerprint density at radius 2 is 2.09 bits per heavy atom. The standard InChI is InChI=1S/C10H13O/c1-6-8-3-4-9(5-8)10(6)7(2)11/h3-4,6,8-10H,2,5H2,1H3/q+1. The fourth-order valence-corrected chi connectivity index (χ4v) is 2.60. The second kappa shape index (κ2) is 2.13. The molecule has 4 unspecified atom stereocenters. The molecule has 1 heteroatoms. The van der Waals surface area contributed by atoms with Crippen LogP contribution in [0.15, 0.2) is 12.2 Å². The van der Waals surface area contributed by atoms with Crippen LogP contribution < -0.4 is 0 Å². The van der Waals surface area contributed by atoms with E-state index >= 15 is 0 Å². The number of rotatable bonds is 1. The minimum absolute atomic E-state index is 0.134. The predicted molar refractivity (Wildman–Crippen MR) is 43.8 cm³/mol. The van der Waals surface area contributed by atoms with Crippen molar-refractivity contribution in [2.45, 2.75) is 13.3 Å². The number of fused-ring (bicyclic) bond motifs is 2. The molecular formula is C10H13O+. The highest BCUT2D eigenvalue weighted by Gasteiger charge is 2.46. The van der Waals surface area contributed by atoms with Crippen molar-refractivity contribution in [1.82, 2.24) is 0 Å². The van der Waals surface area contributed by atoms with Crippen molar-refractivity contribution < 1.29 is 4.79 Å². The molecule has 0 aromatic carbocycles. The Hall–Kier alpha value is -0.720. The third-order valence-corrected chi connectivity index (χ3v) is 3.22. The molecule has 0 aromatic heterocycles. The molecular weight excluding hydrogens is 136 g/mol. The second-order valence-electron chi connectivity index (χ2n) is 3.80. The van der Waals surface area contributed by atoms with Gasteiger partial charge >= 0.3 is 5.78 Å². The summed E-state index contributed by atoms with van der Waals surface area (Å²) in [5, 5.41) is 0. The van der Waals surface area contributed by atoms with Gasteiger partial charge in [-0.1, -0.05) is 19.1 Å². The Morgan fingerprint density at radius 1 is 1.45 bits per heavy atom. The van der Waals surface area contributed by atoms with Crippen LogP contribution in [0.5, 0.6) is 0 Å². The first-order valence-corrected chi connectivity index (χ1v) is 4.24. The summed E-state index contributed by atoms with van der Waals surface area (Å²) >= 11 is 0. The van der Waals surface area contributed by atoms with E-state index in [0.29, 0.717) is 17.8 Å². The lowest BCUT2D eigenvalue weighted by Gasteiger charge is -2.18. The second-order valence-corrected chi connectivity index (χ2v) is 3.80. The maximum Gasteiger partial charge on any atom is 0.307 e. The summed E-state index contributed by atoms with van der Waals surface area (Å²) in [7, 11) is 0. The van der Waals surface area contributed by atoms with Gasteiger partial charge in [0.25, 0.3) is 0 Å². The summed E-state index contributed by atoms with van der Waals surface area (Å²) in [6.45, 7) is 5.69. The van der Waals surface area contributed by atoms with Gasteiger partial charge in [0.05, 0.1) is 5.92 Å². The molecule has 0 amide bonds. The van der Waals surface area contributed by atoms with Crippen LogP contribution in [0, 0.1) is 30.6 Å². The Labute approximate surface area is 67.5 Å². The molecule has 2 bridgehead atoms. The zero-order valence-corrected chi connectivity index (χ0v) is 6.79. The van der Waals surface area contributed by atoms with Crippen molar-refractivity contribution in [1.29, 1.82) is 0 Å². The van der Waals surface area contributed by atoms with E-state index in [1.807, 2.05) is 0 Å². The van der Waals surface area contributed by atoms with E-state index in [2.05, 4.69) is 26.0 Å².